The Morgan fingerprint density at radius 3 is 2.43 bits per heavy atom. The third-order valence-electron chi connectivity index (χ3n) is 6.20. The Morgan fingerprint density at radius 2 is 1.77 bits per heavy atom. The molecule has 2 aromatic carbocycles. The highest BCUT2D eigenvalue weighted by atomic mass is 16.5. The van der Waals surface area contributed by atoms with E-state index in [9.17, 15) is 14.9 Å². The summed E-state index contributed by atoms with van der Waals surface area (Å²) >= 11 is 0. The highest BCUT2D eigenvalue weighted by Gasteiger charge is 2.38. The van der Waals surface area contributed by atoms with E-state index in [0.717, 1.165) is 23.3 Å². The second-order valence-electron chi connectivity index (χ2n) is 8.56. The monoisotopic (exact) mass is 472 g/mol. The number of unbranched alkanes of at least 4 members (excludes halogenated alkanes) is 3. The van der Waals surface area contributed by atoms with Crippen LogP contribution >= 0.6 is 0 Å². The molecule has 0 fully saturated rings. The van der Waals surface area contributed by atoms with Crippen molar-refractivity contribution in [1.29, 1.82) is 5.26 Å². The fourth-order valence-corrected chi connectivity index (χ4v) is 4.10. The maximum absolute atomic E-state index is 13.5. The first-order valence-electron chi connectivity index (χ1n) is 12.0. The van der Waals surface area contributed by atoms with E-state index in [0.29, 0.717) is 34.8 Å². The molecule has 0 aromatic heterocycles. The van der Waals surface area contributed by atoms with Crippen molar-refractivity contribution in [3.8, 4) is 17.6 Å². The number of methoxy groups -OCH3 is 1. The number of benzene rings is 2. The Labute approximate surface area is 207 Å². The number of carbonyl (C=O) groups is 2. The van der Waals surface area contributed by atoms with Gasteiger partial charge in [0.25, 0.3) is 11.8 Å². The maximum atomic E-state index is 13.5. The van der Waals surface area contributed by atoms with Gasteiger partial charge >= 0.3 is 0 Å². The molecule has 6 nitrogen and oxygen atoms in total. The Kier molecular flexibility index (Phi) is 8.86. The van der Waals surface area contributed by atoms with Gasteiger partial charge in [0.1, 0.15) is 11.6 Å². The van der Waals surface area contributed by atoms with Crippen LogP contribution in [-0.4, -0.2) is 30.4 Å². The molecule has 1 heterocycles. The van der Waals surface area contributed by atoms with E-state index in [1.165, 1.54) is 12.8 Å². The highest BCUT2D eigenvalue weighted by Crippen LogP contribution is 2.34. The van der Waals surface area contributed by atoms with E-state index in [1.807, 2.05) is 48.5 Å². The number of nitrogens with zero attached hydrogens (tertiary/aromatic N) is 2. The molecule has 3 rings (SSSR count). The molecule has 2 amide bonds. The fraction of sp³-hybridized carbons (Fsp3) is 0.345. The lowest BCUT2D eigenvalue weighted by molar-refractivity contribution is -0.143. The molecule has 0 aliphatic carbocycles. The second-order valence-corrected chi connectivity index (χ2v) is 8.56. The van der Waals surface area contributed by atoms with Crippen LogP contribution in [0.4, 0.5) is 0 Å². The molecule has 0 N–H and O–H groups in total. The van der Waals surface area contributed by atoms with Crippen LogP contribution in [0, 0.1) is 11.3 Å². The van der Waals surface area contributed by atoms with Gasteiger partial charge in [-0.2, -0.15) is 5.26 Å². The Morgan fingerprint density at radius 1 is 1.03 bits per heavy atom. The van der Waals surface area contributed by atoms with Crippen LogP contribution in [0.3, 0.4) is 0 Å². The summed E-state index contributed by atoms with van der Waals surface area (Å²) in [6.07, 6.45) is 6.14. The standard InChI is InChI=1S/C29H32N2O4/c1-5-6-7-11-16-35-26-15-14-22(18-27(26)34-4)17-24-20(2)25(19-30)29(33)31(28(24)32)21(3)23-12-9-8-10-13-23/h8-10,12-15,17-18,21H,5-7,11,16H2,1-4H3/b24-17+. The van der Waals surface area contributed by atoms with Crippen molar-refractivity contribution in [2.24, 2.45) is 0 Å². The molecule has 0 saturated carbocycles. The lowest BCUT2D eigenvalue weighted by atomic mass is 9.91. The summed E-state index contributed by atoms with van der Waals surface area (Å²) in [5.41, 5.74) is 2.17. The van der Waals surface area contributed by atoms with E-state index in [1.54, 1.807) is 33.1 Å². The lowest BCUT2D eigenvalue weighted by Gasteiger charge is -2.32. The first-order valence-corrected chi connectivity index (χ1v) is 12.0. The van der Waals surface area contributed by atoms with Gasteiger partial charge < -0.3 is 9.47 Å². The molecule has 1 unspecified atom stereocenters. The van der Waals surface area contributed by atoms with Crippen LogP contribution < -0.4 is 9.47 Å². The van der Waals surface area contributed by atoms with Crippen molar-refractivity contribution >= 4 is 17.9 Å². The Hall–Kier alpha value is -3.85. The Bertz CT molecular complexity index is 1170. The number of hydrogen-bond acceptors (Lipinski definition) is 5. The molecule has 0 spiro atoms. The smallest absolute Gasteiger partial charge is 0.272 e. The topological polar surface area (TPSA) is 79.6 Å². The molecular formula is C29H32N2O4. The average Bonchev–Trinajstić information content (AvgIpc) is 2.87. The molecule has 182 valence electrons. The van der Waals surface area contributed by atoms with Crippen molar-refractivity contribution in [1.82, 2.24) is 4.90 Å². The summed E-state index contributed by atoms with van der Waals surface area (Å²) in [6, 6.07) is 16.2. The number of imide groups is 1. The second kappa shape index (κ2) is 12.0. The predicted octanol–water partition coefficient (Wildman–Crippen LogP) is 6.01. The molecular weight excluding hydrogens is 440 g/mol. The SMILES string of the molecule is CCCCCCOc1ccc(/C=C2/C(=O)N(C(C)c3ccccc3)C(=O)C(C#N)=C2C)cc1OC. The van der Waals surface area contributed by atoms with E-state index in [-0.39, 0.29) is 5.57 Å². The lowest BCUT2D eigenvalue weighted by Crippen LogP contribution is -2.44. The van der Waals surface area contributed by atoms with Gasteiger partial charge in [0.15, 0.2) is 11.5 Å². The van der Waals surface area contributed by atoms with Gasteiger partial charge in [0.05, 0.1) is 19.8 Å². The predicted molar refractivity (Wildman–Crippen MR) is 136 cm³/mol. The van der Waals surface area contributed by atoms with Crippen molar-refractivity contribution in [3.63, 3.8) is 0 Å². The summed E-state index contributed by atoms with van der Waals surface area (Å²) < 4.78 is 11.4. The van der Waals surface area contributed by atoms with Crippen molar-refractivity contribution < 1.29 is 19.1 Å². The summed E-state index contributed by atoms with van der Waals surface area (Å²) in [7, 11) is 1.57. The van der Waals surface area contributed by atoms with Crippen LogP contribution in [0.15, 0.2) is 65.3 Å². The molecule has 6 heteroatoms. The maximum Gasteiger partial charge on any atom is 0.272 e. The number of ether oxygens (including phenoxy) is 2. The molecule has 1 aliphatic rings. The number of amides is 2. The zero-order valence-corrected chi connectivity index (χ0v) is 20.8. The van der Waals surface area contributed by atoms with Crippen LogP contribution in [0.25, 0.3) is 6.08 Å². The van der Waals surface area contributed by atoms with Gasteiger partial charge in [-0.15, -0.1) is 0 Å². The minimum atomic E-state index is -0.576. The molecule has 1 atom stereocenters. The van der Waals surface area contributed by atoms with E-state index >= 15 is 0 Å². The minimum Gasteiger partial charge on any atom is -0.493 e. The van der Waals surface area contributed by atoms with E-state index in [2.05, 4.69) is 6.92 Å². The van der Waals surface area contributed by atoms with Crippen LogP contribution in [0.2, 0.25) is 0 Å². The van der Waals surface area contributed by atoms with Gasteiger partial charge in [-0.05, 0) is 55.2 Å². The molecule has 0 bridgehead atoms. The largest absolute Gasteiger partial charge is 0.493 e. The summed E-state index contributed by atoms with van der Waals surface area (Å²) in [4.78, 5) is 27.7. The number of rotatable bonds is 10. The van der Waals surface area contributed by atoms with Crippen LogP contribution in [0.1, 0.15) is 63.6 Å². The quantitative estimate of drug-likeness (QED) is 0.240. The Balaban J connectivity index is 1.93. The highest BCUT2D eigenvalue weighted by molar-refractivity contribution is 6.20. The summed E-state index contributed by atoms with van der Waals surface area (Å²) in [6.45, 7) is 6.20. The fourth-order valence-electron chi connectivity index (χ4n) is 4.10. The molecule has 0 radical (unpaired) electrons. The molecule has 2 aromatic rings. The third-order valence-corrected chi connectivity index (χ3v) is 6.20. The minimum absolute atomic E-state index is 0.0300. The van der Waals surface area contributed by atoms with Gasteiger partial charge in [-0.25, -0.2) is 0 Å². The van der Waals surface area contributed by atoms with Crippen molar-refractivity contribution in [2.45, 2.75) is 52.5 Å². The molecule has 35 heavy (non-hydrogen) atoms. The zero-order valence-electron chi connectivity index (χ0n) is 20.8. The van der Waals surface area contributed by atoms with Gasteiger partial charge in [0.2, 0.25) is 0 Å². The van der Waals surface area contributed by atoms with E-state index < -0.39 is 17.9 Å². The zero-order chi connectivity index (χ0) is 25.4. The van der Waals surface area contributed by atoms with Gasteiger partial charge in [-0.3, -0.25) is 14.5 Å². The van der Waals surface area contributed by atoms with Crippen LogP contribution in [0.5, 0.6) is 11.5 Å². The van der Waals surface area contributed by atoms with Crippen LogP contribution in [-0.2, 0) is 9.59 Å². The van der Waals surface area contributed by atoms with Gasteiger partial charge in [-0.1, -0.05) is 62.6 Å². The third kappa shape index (κ3) is 5.81. The molecule has 0 saturated heterocycles. The first kappa shape index (κ1) is 25.8. The number of nitriles is 1. The number of hydrogen-bond donors (Lipinski definition) is 0. The average molecular weight is 473 g/mol. The summed E-state index contributed by atoms with van der Waals surface area (Å²) in [5, 5.41) is 9.70. The summed E-state index contributed by atoms with van der Waals surface area (Å²) in [5.74, 6) is 0.192. The van der Waals surface area contributed by atoms with E-state index in [4.69, 9.17) is 9.47 Å². The van der Waals surface area contributed by atoms with Crippen molar-refractivity contribution in [3.05, 3.63) is 76.4 Å². The normalized spacial score (nSPS) is 15.9. The first-order chi connectivity index (χ1) is 16.9. The van der Waals surface area contributed by atoms with Gasteiger partial charge in [0, 0.05) is 5.57 Å². The molecule has 1 aliphatic heterocycles. The van der Waals surface area contributed by atoms with Crippen molar-refractivity contribution in [2.75, 3.05) is 13.7 Å². The number of carbonyl (C=O) groups excluding carboxylic acids is 2.